The van der Waals surface area contributed by atoms with Crippen molar-refractivity contribution < 1.29 is 24.2 Å². The molecule has 1 saturated heterocycles. The summed E-state index contributed by atoms with van der Waals surface area (Å²) in [7, 11) is 2.93. The van der Waals surface area contributed by atoms with E-state index in [4.69, 9.17) is 14.5 Å². The molecule has 1 aliphatic rings. The molecule has 2 heterocycles. The fourth-order valence-electron chi connectivity index (χ4n) is 4.80. The van der Waals surface area contributed by atoms with E-state index in [1.807, 2.05) is 43.3 Å². The van der Waals surface area contributed by atoms with Crippen molar-refractivity contribution >= 4 is 44.1 Å². The summed E-state index contributed by atoms with van der Waals surface area (Å²) in [6, 6.07) is 17.7. The Morgan fingerprint density at radius 1 is 1.00 bits per heavy atom. The van der Waals surface area contributed by atoms with Crippen LogP contribution in [0.4, 0.5) is 5.13 Å². The Balaban J connectivity index is 1.76. The fourth-order valence-corrected chi connectivity index (χ4v) is 5.84. The number of hydrogen-bond acceptors (Lipinski definition) is 7. The zero-order chi connectivity index (χ0) is 27.1. The van der Waals surface area contributed by atoms with Crippen LogP contribution in [0.5, 0.6) is 11.5 Å². The van der Waals surface area contributed by atoms with Crippen molar-refractivity contribution in [3.05, 3.63) is 88.5 Å². The molecule has 1 aromatic heterocycles. The van der Waals surface area contributed by atoms with E-state index in [0.29, 0.717) is 28.1 Å². The van der Waals surface area contributed by atoms with Crippen LogP contribution in [0.15, 0.2) is 66.2 Å². The van der Waals surface area contributed by atoms with Crippen molar-refractivity contribution in [3.63, 3.8) is 0 Å². The van der Waals surface area contributed by atoms with Gasteiger partial charge < -0.3 is 14.6 Å². The number of aromatic nitrogens is 1. The summed E-state index contributed by atoms with van der Waals surface area (Å²) in [4.78, 5) is 33.4. The van der Waals surface area contributed by atoms with Gasteiger partial charge in [-0.2, -0.15) is 0 Å². The molecule has 1 atom stereocenters. The number of nitrogens with zero attached hydrogens (tertiary/aromatic N) is 2. The van der Waals surface area contributed by atoms with Gasteiger partial charge in [0.25, 0.3) is 5.78 Å². The Morgan fingerprint density at radius 2 is 1.68 bits per heavy atom. The third-order valence-corrected chi connectivity index (χ3v) is 7.76. The first kappa shape index (κ1) is 25.5. The predicted octanol–water partition coefficient (Wildman–Crippen LogP) is 6.37. The number of rotatable bonds is 6. The summed E-state index contributed by atoms with van der Waals surface area (Å²) in [5.41, 5.74) is 3.69. The topological polar surface area (TPSA) is 89.0 Å². The lowest BCUT2D eigenvalue weighted by Gasteiger charge is -2.23. The van der Waals surface area contributed by atoms with Crippen molar-refractivity contribution in [2.45, 2.75) is 32.7 Å². The highest BCUT2D eigenvalue weighted by atomic mass is 32.1. The number of aliphatic hydroxyl groups excluding tert-OH is 1. The fraction of sp³-hybridized carbons (Fsp3) is 0.233. The number of thiazole rings is 1. The molecule has 0 bridgehead atoms. The van der Waals surface area contributed by atoms with Gasteiger partial charge in [-0.1, -0.05) is 67.1 Å². The number of amides is 1. The normalized spacial score (nSPS) is 17.0. The SMILES string of the molecule is COc1cccc(OC)c1/C(O)=C1\C(=O)C(=O)N(c2nc3ccc(C(C)C)cc3s2)C1c1cccc(C)c1. The predicted molar refractivity (Wildman–Crippen MR) is 149 cm³/mol. The lowest BCUT2D eigenvalue weighted by atomic mass is 9.94. The van der Waals surface area contributed by atoms with Crippen LogP contribution in [0.25, 0.3) is 16.0 Å². The van der Waals surface area contributed by atoms with Crippen LogP contribution in [0, 0.1) is 6.92 Å². The molecule has 3 aromatic carbocycles. The van der Waals surface area contributed by atoms with Crippen LogP contribution in [0.1, 0.15) is 48.1 Å². The minimum absolute atomic E-state index is 0.0504. The summed E-state index contributed by atoms with van der Waals surface area (Å²) < 4.78 is 11.9. The Morgan fingerprint density at radius 3 is 2.32 bits per heavy atom. The van der Waals surface area contributed by atoms with E-state index < -0.39 is 17.7 Å². The number of benzene rings is 3. The molecule has 0 saturated carbocycles. The van der Waals surface area contributed by atoms with Gasteiger partial charge in [0, 0.05) is 0 Å². The molecule has 8 heteroatoms. The van der Waals surface area contributed by atoms with Crippen LogP contribution in [0.2, 0.25) is 0 Å². The number of Topliss-reactive ketones (excluding diaryl/α,β-unsaturated/α-hetero) is 1. The largest absolute Gasteiger partial charge is 0.506 e. The second kappa shape index (κ2) is 9.95. The molecule has 0 aliphatic carbocycles. The number of carbonyl (C=O) groups excluding carboxylic acids is 2. The van der Waals surface area contributed by atoms with E-state index in [9.17, 15) is 14.7 Å². The molecule has 4 aromatic rings. The molecule has 0 spiro atoms. The molecule has 38 heavy (non-hydrogen) atoms. The molecule has 194 valence electrons. The first-order valence-electron chi connectivity index (χ1n) is 12.2. The summed E-state index contributed by atoms with van der Waals surface area (Å²) in [6.07, 6.45) is 0. The minimum Gasteiger partial charge on any atom is -0.506 e. The minimum atomic E-state index is -0.894. The van der Waals surface area contributed by atoms with Crippen LogP contribution in [-0.2, 0) is 9.59 Å². The van der Waals surface area contributed by atoms with Crippen molar-refractivity contribution in [2.24, 2.45) is 0 Å². The first-order chi connectivity index (χ1) is 18.2. The smallest absolute Gasteiger partial charge is 0.301 e. The zero-order valence-electron chi connectivity index (χ0n) is 21.8. The van der Waals surface area contributed by atoms with Gasteiger partial charge >= 0.3 is 5.91 Å². The number of anilines is 1. The first-order valence-corrected chi connectivity index (χ1v) is 13.1. The van der Waals surface area contributed by atoms with Gasteiger partial charge in [-0.05, 0) is 48.2 Å². The third-order valence-electron chi connectivity index (χ3n) is 6.74. The summed E-state index contributed by atoms with van der Waals surface area (Å²) in [6.45, 7) is 6.17. The number of fused-ring (bicyclic) bond motifs is 1. The van der Waals surface area contributed by atoms with Crippen molar-refractivity contribution in [1.82, 2.24) is 4.98 Å². The number of ether oxygens (including phenoxy) is 2. The van der Waals surface area contributed by atoms with Crippen molar-refractivity contribution in [2.75, 3.05) is 19.1 Å². The monoisotopic (exact) mass is 528 g/mol. The molecular weight excluding hydrogens is 500 g/mol. The average Bonchev–Trinajstić information content (AvgIpc) is 3.45. The standard InChI is InChI=1S/C30H28N2O5S/c1-16(2)18-12-13-20-23(15-18)38-30(31-20)32-26(19-9-6-8-17(3)14-19)25(28(34)29(32)35)27(33)24-21(36-4)10-7-11-22(24)37-5/h6-16,26,33H,1-5H3/b27-25+. The quantitative estimate of drug-likeness (QED) is 0.178. The Labute approximate surface area is 225 Å². The summed E-state index contributed by atoms with van der Waals surface area (Å²) in [5, 5.41) is 12.0. The Hall–Kier alpha value is -4.17. The molecule has 1 unspecified atom stereocenters. The Bertz CT molecular complexity index is 1580. The molecule has 1 N–H and O–H groups in total. The molecule has 7 nitrogen and oxygen atoms in total. The second-order valence-electron chi connectivity index (χ2n) is 9.50. The van der Waals surface area contributed by atoms with Gasteiger partial charge in [0.05, 0.1) is 36.1 Å². The van der Waals surface area contributed by atoms with Gasteiger partial charge in [-0.15, -0.1) is 0 Å². The highest BCUT2D eigenvalue weighted by Crippen LogP contribution is 2.46. The maximum Gasteiger partial charge on any atom is 0.301 e. The van der Waals surface area contributed by atoms with Crippen LogP contribution >= 0.6 is 11.3 Å². The van der Waals surface area contributed by atoms with Gasteiger partial charge in [0.2, 0.25) is 0 Å². The number of aliphatic hydroxyl groups is 1. The number of aryl methyl sites for hydroxylation is 1. The van der Waals surface area contributed by atoms with Crippen LogP contribution in [0.3, 0.4) is 0 Å². The Kier molecular flexibility index (Phi) is 6.67. The lowest BCUT2D eigenvalue weighted by molar-refractivity contribution is -0.132. The van der Waals surface area contributed by atoms with E-state index in [0.717, 1.165) is 21.3 Å². The zero-order valence-corrected chi connectivity index (χ0v) is 22.6. The lowest BCUT2D eigenvalue weighted by Crippen LogP contribution is -2.29. The number of methoxy groups -OCH3 is 2. The molecule has 1 aliphatic heterocycles. The van der Waals surface area contributed by atoms with Gasteiger partial charge in [-0.3, -0.25) is 14.5 Å². The van der Waals surface area contributed by atoms with Crippen molar-refractivity contribution in [3.8, 4) is 11.5 Å². The molecule has 0 radical (unpaired) electrons. The average molecular weight is 529 g/mol. The number of ketones is 1. The van der Waals surface area contributed by atoms with Crippen LogP contribution < -0.4 is 14.4 Å². The van der Waals surface area contributed by atoms with Gasteiger partial charge in [0.15, 0.2) is 5.13 Å². The maximum absolute atomic E-state index is 13.6. The summed E-state index contributed by atoms with van der Waals surface area (Å²) in [5.74, 6) is -0.953. The van der Waals surface area contributed by atoms with E-state index >= 15 is 0 Å². The van der Waals surface area contributed by atoms with Gasteiger partial charge in [0.1, 0.15) is 22.8 Å². The number of carbonyl (C=O) groups is 2. The number of hydrogen-bond donors (Lipinski definition) is 1. The van der Waals surface area contributed by atoms with E-state index in [1.54, 1.807) is 18.2 Å². The highest BCUT2D eigenvalue weighted by molar-refractivity contribution is 7.22. The van der Waals surface area contributed by atoms with E-state index in [2.05, 4.69) is 19.9 Å². The molecule has 1 amide bonds. The van der Waals surface area contributed by atoms with Gasteiger partial charge in [-0.25, -0.2) is 4.98 Å². The van der Waals surface area contributed by atoms with E-state index in [1.165, 1.54) is 30.5 Å². The highest BCUT2D eigenvalue weighted by Gasteiger charge is 2.48. The second-order valence-corrected chi connectivity index (χ2v) is 10.5. The van der Waals surface area contributed by atoms with Crippen molar-refractivity contribution in [1.29, 1.82) is 0 Å². The van der Waals surface area contributed by atoms with E-state index in [-0.39, 0.29) is 16.9 Å². The molecular formula is C30H28N2O5S. The summed E-state index contributed by atoms with van der Waals surface area (Å²) >= 11 is 1.35. The third kappa shape index (κ3) is 4.20. The van der Waals surface area contributed by atoms with Crippen LogP contribution in [-0.4, -0.2) is 36.0 Å². The maximum atomic E-state index is 13.6. The molecule has 5 rings (SSSR count). The molecule has 1 fully saturated rings.